The van der Waals surface area contributed by atoms with Crippen molar-refractivity contribution < 1.29 is 4.92 Å². The number of para-hydroxylation sites is 1. The summed E-state index contributed by atoms with van der Waals surface area (Å²) in [5.74, 6) is 1.89. The first kappa shape index (κ1) is 37.4. The number of thiol groups is 2. The number of unbranched alkanes of at least 4 members (excludes halogenated alkanes) is 1. The van der Waals surface area contributed by atoms with E-state index in [-0.39, 0.29) is 5.69 Å². The van der Waals surface area contributed by atoms with Crippen molar-refractivity contribution >= 4 is 112 Å². The molecule has 0 aliphatic carbocycles. The van der Waals surface area contributed by atoms with Crippen LogP contribution >= 0.6 is 41.2 Å². The van der Waals surface area contributed by atoms with E-state index < -0.39 is 4.92 Å². The van der Waals surface area contributed by atoms with E-state index in [2.05, 4.69) is 150 Å². The van der Waals surface area contributed by atoms with Gasteiger partial charge in [-0.2, -0.15) is 25.3 Å². The maximum absolute atomic E-state index is 10.0. The molecule has 0 fully saturated rings. The quantitative estimate of drug-likeness (QED) is 0.0495. The first-order valence-electron chi connectivity index (χ1n) is 17.5. The van der Waals surface area contributed by atoms with Crippen LogP contribution < -0.4 is 5.73 Å². The molecule has 2 N–H and O–H groups in total. The molecule has 7 heteroatoms. The molecule has 0 spiro atoms. The summed E-state index contributed by atoms with van der Waals surface area (Å²) in [6.07, 6.45) is 4.59. The molecule has 52 heavy (non-hydrogen) atoms. The van der Waals surface area contributed by atoms with Gasteiger partial charge in [-0.3, -0.25) is 10.1 Å². The summed E-state index contributed by atoms with van der Waals surface area (Å²) in [6.45, 7) is 0.767. The molecule has 0 aliphatic rings. The van der Waals surface area contributed by atoms with Crippen molar-refractivity contribution in [3.05, 3.63) is 160 Å². The SMILES string of the molecule is Brc1cc2ccc3cccc4ccc(c1)c2c34.NCCCS.O=[N+]([O-])c1ccccc1.SCCCCc1cc2ccc3cccc4ccc(c1)c2c34. The zero-order valence-electron chi connectivity index (χ0n) is 28.8. The second kappa shape index (κ2) is 17.9. The number of rotatable bonds is 7. The molecule has 0 unspecified atom stereocenters. The van der Waals surface area contributed by atoms with E-state index >= 15 is 0 Å². The van der Waals surface area contributed by atoms with Crippen LogP contribution in [-0.4, -0.2) is 23.0 Å². The van der Waals surface area contributed by atoms with Gasteiger partial charge in [0, 0.05) is 16.6 Å². The van der Waals surface area contributed by atoms with Crippen LogP contribution in [0.5, 0.6) is 0 Å². The number of aryl methyl sites for hydroxylation is 1. The van der Waals surface area contributed by atoms with Gasteiger partial charge < -0.3 is 5.73 Å². The van der Waals surface area contributed by atoms with Crippen LogP contribution in [-0.2, 0) is 6.42 Å². The number of non-ortho nitro benzene ring substituents is 1. The Morgan fingerprint density at radius 1 is 0.519 bits per heavy atom. The molecule has 4 nitrogen and oxygen atoms in total. The van der Waals surface area contributed by atoms with E-state index in [1.165, 1.54) is 95.2 Å². The molecule has 0 atom stereocenters. The molecule has 262 valence electrons. The highest BCUT2D eigenvalue weighted by molar-refractivity contribution is 9.10. The smallest absolute Gasteiger partial charge is 0.269 e. The number of hydrogen-bond donors (Lipinski definition) is 3. The Kier molecular flexibility index (Phi) is 12.9. The second-order valence-corrected chi connectivity index (χ2v) is 14.5. The zero-order valence-corrected chi connectivity index (χ0v) is 32.2. The van der Waals surface area contributed by atoms with E-state index in [1.807, 2.05) is 0 Å². The van der Waals surface area contributed by atoms with Gasteiger partial charge in [0.25, 0.3) is 5.69 Å². The zero-order chi connectivity index (χ0) is 36.5. The third-order valence-electron chi connectivity index (χ3n) is 9.15. The van der Waals surface area contributed by atoms with Gasteiger partial charge in [-0.25, -0.2) is 0 Å². The van der Waals surface area contributed by atoms with E-state index in [1.54, 1.807) is 18.2 Å². The molecule has 0 radical (unpaired) electrons. The average Bonchev–Trinajstić information content (AvgIpc) is 3.17. The third kappa shape index (κ3) is 8.62. The lowest BCUT2D eigenvalue weighted by Crippen LogP contribution is -1.97. The summed E-state index contributed by atoms with van der Waals surface area (Å²) in [6, 6.07) is 48.0. The van der Waals surface area contributed by atoms with Gasteiger partial charge >= 0.3 is 0 Å². The minimum absolute atomic E-state index is 0.137. The van der Waals surface area contributed by atoms with Gasteiger partial charge in [-0.1, -0.05) is 131 Å². The molecule has 0 amide bonds. The summed E-state index contributed by atoms with van der Waals surface area (Å²) in [4.78, 5) is 9.59. The number of halogens is 1. The molecule has 0 saturated carbocycles. The summed E-state index contributed by atoms with van der Waals surface area (Å²) >= 11 is 11.8. The normalized spacial score (nSPS) is 11.0. The minimum atomic E-state index is -0.417. The predicted molar refractivity (Wildman–Crippen MR) is 235 cm³/mol. The fraction of sp³-hybridized carbons (Fsp3) is 0.156. The molecule has 0 heterocycles. The highest BCUT2D eigenvalue weighted by Gasteiger charge is 2.10. The number of nitrogens with zero attached hydrogens (tertiary/aromatic N) is 1. The van der Waals surface area contributed by atoms with E-state index in [4.69, 9.17) is 5.73 Å². The molecule has 0 saturated heterocycles. The summed E-state index contributed by atoms with van der Waals surface area (Å²) in [7, 11) is 0. The van der Waals surface area contributed by atoms with Gasteiger partial charge in [0.15, 0.2) is 0 Å². The third-order valence-corrected chi connectivity index (χ3v) is 10.2. The lowest BCUT2D eigenvalue weighted by atomic mass is 9.92. The number of nitro groups is 1. The van der Waals surface area contributed by atoms with Crippen LogP contribution in [0.25, 0.3) is 64.6 Å². The Morgan fingerprint density at radius 2 is 0.923 bits per heavy atom. The maximum atomic E-state index is 10.0. The molecular formula is C45H41BrN2O2S2. The van der Waals surface area contributed by atoms with Crippen LogP contribution in [0.1, 0.15) is 24.8 Å². The molecule has 0 bridgehead atoms. The van der Waals surface area contributed by atoms with E-state index in [0.717, 1.165) is 35.4 Å². The van der Waals surface area contributed by atoms with Crippen LogP contribution in [0, 0.1) is 10.1 Å². The fourth-order valence-corrected chi connectivity index (χ4v) is 7.66. The number of nitro benzene ring substituents is 1. The lowest BCUT2D eigenvalue weighted by Gasteiger charge is -2.12. The monoisotopic (exact) mass is 784 g/mol. The van der Waals surface area contributed by atoms with Crippen molar-refractivity contribution in [2.24, 2.45) is 5.73 Å². The summed E-state index contributed by atoms with van der Waals surface area (Å²) < 4.78 is 1.14. The highest BCUT2D eigenvalue weighted by atomic mass is 79.9. The van der Waals surface area contributed by atoms with Crippen molar-refractivity contribution in [1.29, 1.82) is 0 Å². The van der Waals surface area contributed by atoms with Crippen LogP contribution in [0.3, 0.4) is 0 Å². The highest BCUT2D eigenvalue weighted by Crippen LogP contribution is 2.37. The minimum Gasteiger partial charge on any atom is -0.330 e. The number of benzene rings is 9. The molecule has 9 rings (SSSR count). The maximum Gasteiger partial charge on any atom is 0.269 e. The first-order chi connectivity index (χ1) is 25.4. The Hall–Kier alpha value is -4.40. The van der Waals surface area contributed by atoms with Gasteiger partial charge in [-0.05, 0) is 126 Å². The summed E-state index contributed by atoms with van der Waals surface area (Å²) in [5, 5.41) is 26.3. The Labute approximate surface area is 323 Å². The number of nitrogens with two attached hydrogens (primary N) is 1. The van der Waals surface area contributed by atoms with Crippen molar-refractivity contribution in [3.63, 3.8) is 0 Å². The lowest BCUT2D eigenvalue weighted by molar-refractivity contribution is -0.384. The number of hydrogen-bond acceptors (Lipinski definition) is 5. The average molecular weight is 786 g/mol. The van der Waals surface area contributed by atoms with Crippen LogP contribution in [0.4, 0.5) is 5.69 Å². The molecular weight excluding hydrogens is 745 g/mol. The Bertz CT molecular complexity index is 2410. The van der Waals surface area contributed by atoms with E-state index in [0.29, 0.717) is 0 Å². The Balaban J connectivity index is 0.000000134. The standard InChI is InChI=1S/C20H18S.C16H9Br.C6H5NO2.C3H9NS/c21-11-2-1-4-14-12-17-9-7-15-5-3-6-16-8-10-18(13-14)20(17)19(15)16;17-14-8-12-6-4-10-2-1-3-11-5-7-13(9-14)16(12)15(10)11;8-7(9)6-4-2-1-3-5-6;4-2-1-3-5/h3,5-10,12-13,21H,1-2,4,11H2;1-9H;1-5H;5H,1-4H2. The Morgan fingerprint density at radius 3 is 1.29 bits per heavy atom. The van der Waals surface area contributed by atoms with Gasteiger partial charge in [-0.15, -0.1) is 0 Å². The molecule has 9 aromatic carbocycles. The van der Waals surface area contributed by atoms with Crippen molar-refractivity contribution in [2.45, 2.75) is 25.7 Å². The van der Waals surface area contributed by atoms with Gasteiger partial charge in [0.1, 0.15) is 0 Å². The van der Waals surface area contributed by atoms with Crippen molar-refractivity contribution in [2.75, 3.05) is 18.1 Å². The van der Waals surface area contributed by atoms with Gasteiger partial charge in [0.05, 0.1) is 4.92 Å². The van der Waals surface area contributed by atoms with E-state index in [9.17, 15) is 10.1 Å². The topological polar surface area (TPSA) is 69.2 Å². The van der Waals surface area contributed by atoms with Gasteiger partial charge in [0.2, 0.25) is 0 Å². The first-order valence-corrected chi connectivity index (χ1v) is 19.6. The second-order valence-electron chi connectivity index (χ2n) is 12.7. The predicted octanol–water partition coefficient (Wildman–Crippen LogP) is 13.0. The largest absolute Gasteiger partial charge is 0.330 e. The van der Waals surface area contributed by atoms with Crippen LogP contribution in [0.2, 0.25) is 0 Å². The van der Waals surface area contributed by atoms with Crippen molar-refractivity contribution in [3.8, 4) is 0 Å². The molecule has 9 aromatic rings. The molecule has 0 aromatic heterocycles. The fourth-order valence-electron chi connectivity index (χ4n) is 6.76. The van der Waals surface area contributed by atoms with Crippen LogP contribution in [0.15, 0.2) is 144 Å². The molecule has 0 aliphatic heterocycles. The van der Waals surface area contributed by atoms with Crippen molar-refractivity contribution in [1.82, 2.24) is 0 Å². The summed E-state index contributed by atoms with van der Waals surface area (Å²) in [5.41, 5.74) is 6.67.